The highest BCUT2D eigenvalue weighted by molar-refractivity contribution is 5.79. The minimum absolute atomic E-state index is 0.128. The fourth-order valence-corrected chi connectivity index (χ4v) is 4.28. The second-order valence-electron chi connectivity index (χ2n) is 7.54. The van der Waals surface area contributed by atoms with Crippen molar-refractivity contribution in [3.05, 3.63) is 18.0 Å². The van der Waals surface area contributed by atoms with Crippen LogP contribution >= 0.6 is 0 Å². The van der Waals surface area contributed by atoms with Crippen LogP contribution in [0.25, 0.3) is 0 Å². The second kappa shape index (κ2) is 7.88. The summed E-state index contributed by atoms with van der Waals surface area (Å²) in [5, 5.41) is 0. The molecule has 0 aliphatic carbocycles. The third kappa shape index (κ3) is 3.83. The van der Waals surface area contributed by atoms with E-state index in [0.717, 1.165) is 44.7 Å². The molecule has 4 rings (SSSR count). The highest BCUT2D eigenvalue weighted by Gasteiger charge is 2.45. The van der Waals surface area contributed by atoms with Gasteiger partial charge in [0.1, 0.15) is 0 Å². The number of amides is 1. The molecule has 3 fully saturated rings. The van der Waals surface area contributed by atoms with E-state index in [2.05, 4.69) is 9.97 Å². The summed E-state index contributed by atoms with van der Waals surface area (Å²) in [6, 6.07) is 2.29. The molecule has 0 saturated carbocycles. The van der Waals surface area contributed by atoms with Crippen LogP contribution in [-0.2, 0) is 14.3 Å². The molecule has 7 nitrogen and oxygen atoms in total. The fraction of sp³-hybridized carbons (Fsp3) is 0.737. The van der Waals surface area contributed by atoms with Gasteiger partial charge in [0.2, 0.25) is 5.91 Å². The zero-order chi connectivity index (χ0) is 17.9. The summed E-state index contributed by atoms with van der Waals surface area (Å²) in [6.07, 6.45) is 4.48. The number of carbonyl (C=O) groups excluding carboxylic acids is 1. The molecule has 4 heterocycles. The Morgan fingerprint density at radius 1 is 1.35 bits per heavy atom. The van der Waals surface area contributed by atoms with Gasteiger partial charge >= 0.3 is 6.01 Å². The third-order valence-corrected chi connectivity index (χ3v) is 5.81. The number of rotatable bonds is 5. The van der Waals surface area contributed by atoms with Gasteiger partial charge in [-0.2, -0.15) is 0 Å². The number of aryl methyl sites for hydroxylation is 1. The SMILES string of the molecule is Cc1ccnc(OCC[C@H]2CO[C@H]3CN(C(=O)C4CCOCC4)C[C@@H]23)n1. The molecule has 3 saturated heterocycles. The first-order chi connectivity index (χ1) is 12.7. The number of likely N-dealkylation sites (tertiary alicyclic amines) is 1. The van der Waals surface area contributed by atoms with Crippen molar-refractivity contribution in [1.29, 1.82) is 0 Å². The Morgan fingerprint density at radius 2 is 2.19 bits per heavy atom. The lowest BCUT2D eigenvalue weighted by Crippen LogP contribution is -2.38. The molecule has 3 aliphatic rings. The summed E-state index contributed by atoms with van der Waals surface area (Å²) in [5.41, 5.74) is 0.900. The maximum Gasteiger partial charge on any atom is 0.316 e. The Hall–Kier alpha value is -1.73. The maximum atomic E-state index is 12.7. The smallest absolute Gasteiger partial charge is 0.316 e. The Kier molecular flexibility index (Phi) is 5.36. The van der Waals surface area contributed by atoms with E-state index in [0.29, 0.717) is 37.7 Å². The zero-order valence-corrected chi connectivity index (χ0v) is 15.3. The minimum atomic E-state index is 0.128. The van der Waals surface area contributed by atoms with Gasteiger partial charge in [0.25, 0.3) is 0 Å². The van der Waals surface area contributed by atoms with Crippen molar-refractivity contribution in [2.75, 3.05) is 39.5 Å². The van der Waals surface area contributed by atoms with Gasteiger partial charge in [0.05, 0.1) is 19.3 Å². The molecule has 26 heavy (non-hydrogen) atoms. The van der Waals surface area contributed by atoms with E-state index in [1.54, 1.807) is 6.20 Å². The Morgan fingerprint density at radius 3 is 3.00 bits per heavy atom. The molecule has 0 N–H and O–H groups in total. The molecule has 0 aromatic carbocycles. The second-order valence-corrected chi connectivity index (χ2v) is 7.54. The summed E-state index contributed by atoms with van der Waals surface area (Å²) < 4.78 is 17.0. The molecule has 1 amide bonds. The number of carbonyl (C=O) groups is 1. The first-order valence-corrected chi connectivity index (χ1v) is 9.61. The number of aromatic nitrogens is 2. The van der Waals surface area contributed by atoms with E-state index in [1.807, 2.05) is 17.9 Å². The highest BCUT2D eigenvalue weighted by atomic mass is 16.5. The molecule has 0 spiro atoms. The van der Waals surface area contributed by atoms with Crippen LogP contribution < -0.4 is 4.74 Å². The van der Waals surface area contributed by atoms with Crippen molar-refractivity contribution in [3.63, 3.8) is 0 Å². The summed E-state index contributed by atoms with van der Waals surface area (Å²) in [7, 11) is 0. The van der Waals surface area contributed by atoms with E-state index in [-0.39, 0.29) is 17.9 Å². The average molecular weight is 361 g/mol. The van der Waals surface area contributed by atoms with Crippen LogP contribution in [-0.4, -0.2) is 66.4 Å². The van der Waals surface area contributed by atoms with Gasteiger partial charge in [-0.1, -0.05) is 0 Å². The van der Waals surface area contributed by atoms with Crippen LogP contribution in [0.1, 0.15) is 25.0 Å². The lowest BCUT2D eigenvalue weighted by Gasteiger charge is -2.27. The Bertz CT molecular complexity index is 635. The lowest BCUT2D eigenvalue weighted by molar-refractivity contribution is -0.138. The largest absolute Gasteiger partial charge is 0.463 e. The van der Waals surface area contributed by atoms with Crippen LogP contribution in [0.2, 0.25) is 0 Å². The zero-order valence-electron chi connectivity index (χ0n) is 15.3. The maximum absolute atomic E-state index is 12.7. The van der Waals surface area contributed by atoms with E-state index in [9.17, 15) is 4.79 Å². The number of hydrogen-bond acceptors (Lipinski definition) is 6. The molecule has 142 valence electrons. The predicted molar refractivity (Wildman–Crippen MR) is 93.7 cm³/mol. The molecular weight excluding hydrogens is 334 g/mol. The van der Waals surface area contributed by atoms with Gasteiger partial charge in [-0.3, -0.25) is 4.79 Å². The Balaban J connectivity index is 1.27. The first kappa shape index (κ1) is 17.7. The van der Waals surface area contributed by atoms with Gasteiger partial charge in [0.15, 0.2) is 0 Å². The number of hydrogen-bond donors (Lipinski definition) is 0. The lowest BCUT2D eigenvalue weighted by atomic mass is 9.91. The number of ether oxygens (including phenoxy) is 3. The Labute approximate surface area is 154 Å². The normalized spacial score (nSPS) is 29.0. The van der Waals surface area contributed by atoms with Crippen LogP contribution in [0.15, 0.2) is 12.3 Å². The first-order valence-electron chi connectivity index (χ1n) is 9.61. The van der Waals surface area contributed by atoms with Crippen LogP contribution in [0.5, 0.6) is 6.01 Å². The quantitative estimate of drug-likeness (QED) is 0.790. The number of nitrogens with zero attached hydrogens (tertiary/aromatic N) is 3. The monoisotopic (exact) mass is 361 g/mol. The van der Waals surface area contributed by atoms with Gasteiger partial charge in [0, 0.05) is 50.0 Å². The number of fused-ring (bicyclic) bond motifs is 1. The van der Waals surface area contributed by atoms with Gasteiger partial charge in [-0.15, -0.1) is 0 Å². The standard InChI is InChI=1S/C19H27N3O4/c1-13-2-6-20-19(21-13)25-9-5-15-12-26-17-11-22(10-16(15)17)18(23)14-3-7-24-8-4-14/h2,6,14-17H,3-5,7-12H2,1H3/t15-,16-,17-/m0/s1. The van der Waals surface area contributed by atoms with Crippen LogP contribution in [0.3, 0.4) is 0 Å². The van der Waals surface area contributed by atoms with E-state index in [4.69, 9.17) is 14.2 Å². The molecule has 0 radical (unpaired) electrons. The molecule has 1 aromatic heterocycles. The summed E-state index contributed by atoms with van der Waals surface area (Å²) in [4.78, 5) is 23.2. The molecule has 1 aromatic rings. The van der Waals surface area contributed by atoms with Crippen LogP contribution in [0, 0.1) is 24.7 Å². The van der Waals surface area contributed by atoms with Crippen molar-refractivity contribution in [3.8, 4) is 6.01 Å². The van der Waals surface area contributed by atoms with Crippen molar-refractivity contribution in [2.45, 2.75) is 32.3 Å². The molecule has 7 heteroatoms. The van der Waals surface area contributed by atoms with Crippen molar-refractivity contribution in [2.24, 2.45) is 17.8 Å². The summed E-state index contributed by atoms with van der Waals surface area (Å²) in [5.74, 6) is 1.26. The van der Waals surface area contributed by atoms with Crippen molar-refractivity contribution in [1.82, 2.24) is 14.9 Å². The van der Waals surface area contributed by atoms with E-state index in [1.165, 1.54) is 0 Å². The molecular formula is C19H27N3O4. The fourth-order valence-electron chi connectivity index (χ4n) is 4.28. The molecule has 3 aliphatic heterocycles. The van der Waals surface area contributed by atoms with Crippen molar-refractivity contribution < 1.29 is 19.0 Å². The summed E-state index contributed by atoms with van der Waals surface area (Å²) >= 11 is 0. The predicted octanol–water partition coefficient (Wildman–Crippen LogP) is 1.45. The topological polar surface area (TPSA) is 73.8 Å². The molecule has 3 atom stereocenters. The molecule has 0 unspecified atom stereocenters. The summed E-state index contributed by atoms with van der Waals surface area (Å²) in [6.45, 7) is 6.21. The van der Waals surface area contributed by atoms with Crippen molar-refractivity contribution >= 4 is 5.91 Å². The van der Waals surface area contributed by atoms with Gasteiger partial charge in [-0.25, -0.2) is 9.97 Å². The van der Waals surface area contributed by atoms with E-state index >= 15 is 0 Å². The van der Waals surface area contributed by atoms with Gasteiger partial charge in [-0.05, 0) is 38.2 Å². The minimum Gasteiger partial charge on any atom is -0.463 e. The molecule has 0 bridgehead atoms. The van der Waals surface area contributed by atoms with Crippen LogP contribution in [0.4, 0.5) is 0 Å². The average Bonchev–Trinajstić information content (AvgIpc) is 3.24. The third-order valence-electron chi connectivity index (χ3n) is 5.81. The van der Waals surface area contributed by atoms with Gasteiger partial charge < -0.3 is 19.1 Å². The van der Waals surface area contributed by atoms with E-state index < -0.39 is 0 Å². The highest BCUT2D eigenvalue weighted by Crippen LogP contribution is 2.36.